The van der Waals surface area contributed by atoms with Gasteiger partial charge in [0.05, 0.1) is 16.8 Å². The molecule has 3 heterocycles. The zero-order valence-electron chi connectivity index (χ0n) is 19.8. The number of pyridine rings is 2. The van der Waals surface area contributed by atoms with E-state index < -0.39 is 5.67 Å². The van der Waals surface area contributed by atoms with Crippen LogP contribution in [0.5, 0.6) is 0 Å². The Bertz CT molecular complexity index is 1350. The van der Waals surface area contributed by atoms with Crippen LogP contribution >= 0.6 is 0 Å². The van der Waals surface area contributed by atoms with Gasteiger partial charge in [0, 0.05) is 40.9 Å². The Morgan fingerprint density at radius 2 is 1.82 bits per heavy atom. The maximum Gasteiger partial charge on any atom is 0.252 e. The summed E-state index contributed by atoms with van der Waals surface area (Å²) < 4.78 is 14.7. The first kappa shape index (κ1) is 22.3. The lowest BCUT2D eigenvalue weighted by atomic mass is 9.90. The number of carbonyl (C=O) groups is 1. The van der Waals surface area contributed by atoms with E-state index in [1.54, 1.807) is 18.5 Å². The minimum Gasteiger partial charge on any atom is -0.382 e. The molecule has 0 spiro atoms. The summed E-state index contributed by atoms with van der Waals surface area (Å²) in [5.74, 6) is -0.0613. The van der Waals surface area contributed by atoms with Crippen molar-refractivity contribution in [2.24, 2.45) is 0 Å². The van der Waals surface area contributed by atoms with Gasteiger partial charge < -0.3 is 15.6 Å². The molecule has 1 fully saturated rings. The molecule has 34 heavy (non-hydrogen) atoms. The van der Waals surface area contributed by atoms with E-state index in [1.165, 1.54) is 13.8 Å². The van der Waals surface area contributed by atoms with Crippen LogP contribution in [0.25, 0.3) is 21.9 Å². The van der Waals surface area contributed by atoms with Crippen molar-refractivity contribution < 1.29 is 9.18 Å². The molecular formula is C27H30FN5O. The number of hydrogen-bond acceptors (Lipinski definition) is 4. The predicted molar refractivity (Wildman–Crippen MR) is 134 cm³/mol. The highest BCUT2D eigenvalue weighted by molar-refractivity contribution is 6.05. The smallest absolute Gasteiger partial charge is 0.252 e. The molecule has 3 aromatic heterocycles. The molecule has 5 rings (SSSR count). The van der Waals surface area contributed by atoms with Gasteiger partial charge in [0.15, 0.2) is 0 Å². The summed E-state index contributed by atoms with van der Waals surface area (Å²) in [7, 11) is 0. The maximum absolute atomic E-state index is 14.7. The van der Waals surface area contributed by atoms with Crippen LogP contribution in [0.2, 0.25) is 0 Å². The largest absolute Gasteiger partial charge is 0.382 e. The van der Waals surface area contributed by atoms with Crippen molar-refractivity contribution in [3.8, 4) is 0 Å². The molecule has 0 unspecified atom stereocenters. The van der Waals surface area contributed by atoms with Crippen LogP contribution in [0, 0.1) is 6.92 Å². The van der Waals surface area contributed by atoms with Gasteiger partial charge in [0.2, 0.25) is 0 Å². The molecule has 0 radical (unpaired) electrons. The average Bonchev–Trinajstić information content (AvgIpc) is 3.29. The van der Waals surface area contributed by atoms with Crippen LogP contribution in [0.4, 0.5) is 10.1 Å². The van der Waals surface area contributed by atoms with Crippen molar-refractivity contribution in [2.45, 2.75) is 64.2 Å². The SMILES string of the molecule is Cc1ccc2nc(C(C)(C)F)cc(NC3CCC(NC(=O)c4ccnc5[nH]ccc45)CC3)c2c1. The number of H-pyrrole nitrogens is 1. The Balaban J connectivity index is 1.28. The van der Waals surface area contributed by atoms with E-state index in [1.807, 2.05) is 31.2 Å². The zero-order valence-corrected chi connectivity index (χ0v) is 19.8. The Labute approximate surface area is 198 Å². The lowest BCUT2D eigenvalue weighted by Crippen LogP contribution is -2.40. The topological polar surface area (TPSA) is 82.7 Å². The van der Waals surface area contributed by atoms with Crippen LogP contribution < -0.4 is 10.6 Å². The van der Waals surface area contributed by atoms with Gasteiger partial charge >= 0.3 is 0 Å². The molecule has 6 nitrogen and oxygen atoms in total. The van der Waals surface area contributed by atoms with E-state index in [-0.39, 0.29) is 18.0 Å². The lowest BCUT2D eigenvalue weighted by Gasteiger charge is -2.31. The third-order valence-electron chi connectivity index (χ3n) is 6.70. The van der Waals surface area contributed by atoms with E-state index in [2.05, 4.69) is 31.7 Å². The summed E-state index contributed by atoms with van der Waals surface area (Å²) in [6, 6.07) is 11.9. The van der Waals surface area contributed by atoms with E-state index >= 15 is 0 Å². The third-order valence-corrected chi connectivity index (χ3v) is 6.70. The van der Waals surface area contributed by atoms with Crippen molar-refractivity contribution >= 4 is 33.5 Å². The molecule has 3 N–H and O–H groups in total. The van der Waals surface area contributed by atoms with Gasteiger partial charge in [-0.1, -0.05) is 11.6 Å². The molecule has 1 amide bonds. The lowest BCUT2D eigenvalue weighted by molar-refractivity contribution is 0.0928. The molecule has 1 saturated carbocycles. The standard InChI is InChI=1S/C27H30FN5O/c1-16-4-9-22-21(14-16)23(15-24(33-22)27(2,3)28)31-17-5-7-18(8-6-17)32-26(34)20-11-13-30-25-19(20)10-12-29-25/h4,9-15,17-18H,5-8H2,1-3H3,(H,29,30)(H,31,33)(H,32,34). The number of fused-ring (bicyclic) bond motifs is 2. The molecule has 1 aromatic carbocycles. The number of nitrogens with zero attached hydrogens (tertiary/aromatic N) is 2. The second-order valence-electron chi connectivity index (χ2n) is 9.81. The van der Waals surface area contributed by atoms with Crippen molar-refractivity contribution in [1.29, 1.82) is 0 Å². The number of anilines is 1. The quantitative estimate of drug-likeness (QED) is 0.353. The van der Waals surface area contributed by atoms with Gasteiger partial charge in [-0.3, -0.25) is 4.79 Å². The molecular weight excluding hydrogens is 429 g/mol. The molecule has 1 aliphatic carbocycles. The fraction of sp³-hybridized carbons (Fsp3) is 0.370. The second-order valence-corrected chi connectivity index (χ2v) is 9.81. The van der Waals surface area contributed by atoms with Crippen molar-refractivity contribution in [2.75, 3.05) is 5.32 Å². The molecule has 7 heteroatoms. The number of aromatic amines is 1. The van der Waals surface area contributed by atoms with Gasteiger partial charge in [0.25, 0.3) is 5.91 Å². The minimum atomic E-state index is -1.52. The second kappa shape index (κ2) is 8.70. The summed E-state index contributed by atoms with van der Waals surface area (Å²) in [5.41, 5.74) is 3.14. The Morgan fingerprint density at radius 3 is 2.59 bits per heavy atom. The normalized spacial score (nSPS) is 18.8. The molecule has 176 valence electrons. The summed E-state index contributed by atoms with van der Waals surface area (Å²) in [6.07, 6.45) is 7.06. The number of alkyl halides is 1. The molecule has 0 bridgehead atoms. The first-order valence-corrected chi connectivity index (χ1v) is 11.9. The zero-order chi connectivity index (χ0) is 23.9. The Hall–Kier alpha value is -3.48. The van der Waals surface area contributed by atoms with Crippen LogP contribution in [0.1, 0.15) is 61.1 Å². The molecule has 0 aliphatic heterocycles. The minimum absolute atomic E-state index is 0.0613. The fourth-order valence-electron chi connectivity index (χ4n) is 4.79. The number of halogens is 1. The number of aryl methyl sites for hydroxylation is 1. The predicted octanol–water partition coefficient (Wildman–Crippen LogP) is 5.78. The summed E-state index contributed by atoms with van der Waals surface area (Å²) in [5, 5.41) is 8.70. The van der Waals surface area contributed by atoms with Gasteiger partial charge in [0.1, 0.15) is 11.3 Å². The van der Waals surface area contributed by atoms with Gasteiger partial charge in [-0.2, -0.15) is 0 Å². The maximum atomic E-state index is 14.7. The number of aromatic nitrogens is 3. The fourth-order valence-corrected chi connectivity index (χ4v) is 4.79. The highest BCUT2D eigenvalue weighted by Crippen LogP contribution is 2.33. The van der Waals surface area contributed by atoms with Crippen LogP contribution in [-0.4, -0.2) is 32.9 Å². The number of nitrogens with one attached hydrogen (secondary N) is 3. The number of carbonyl (C=O) groups excluding carboxylic acids is 1. The van der Waals surface area contributed by atoms with Crippen LogP contribution in [0.3, 0.4) is 0 Å². The van der Waals surface area contributed by atoms with E-state index in [4.69, 9.17) is 0 Å². The van der Waals surface area contributed by atoms with E-state index in [9.17, 15) is 9.18 Å². The summed E-state index contributed by atoms with van der Waals surface area (Å²) in [4.78, 5) is 24.8. The van der Waals surface area contributed by atoms with E-state index in [0.717, 1.165) is 58.9 Å². The molecule has 0 saturated heterocycles. The molecule has 4 aromatic rings. The monoisotopic (exact) mass is 459 g/mol. The highest BCUT2D eigenvalue weighted by atomic mass is 19.1. The Kier molecular flexibility index (Phi) is 5.71. The first-order chi connectivity index (χ1) is 16.3. The van der Waals surface area contributed by atoms with Gasteiger partial charge in [-0.05, 0) is 76.8 Å². The van der Waals surface area contributed by atoms with E-state index in [0.29, 0.717) is 11.3 Å². The average molecular weight is 460 g/mol. The molecule has 0 atom stereocenters. The number of amides is 1. The van der Waals surface area contributed by atoms with Crippen LogP contribution in [0.15, 0.2) is 48.8 Å². The van der Waals surface area contributed by atoms with Gasteiger partial charge in [-0.25, -0.2) is 14.4 Å². The van der Waals surface area contributed by atoms with Gasteiger partial charge in [-0.15, -0.1) is 0 Å². The molecule has 1 aliphatic rings. The number of rotatable bonds is 5. The number of hydrogen-bond donors (Lipinski definition) is 3. The number of benzene rings is 1. The Morgan fingerprint density at radius 1 is 1.06 bits per heavy atom. The highest BCUT2D eigenvalue weighted by Gasteiger charge is 2.26. The summed E-state index contributed by atoms with van der Waals surface area (Å²) >= 11 is 0. The van der Waals surface area contributed by atoms with Crippen LogP contribution in [-0.2, 0) is 5.67 Å². The first-order valence-electron chi connectivity index (χ1n) is 11.9. The van der Waals surface area contributed by atoms with Crippen molar-refractivity contribution in [1.82, 2.24) is 20.3 Å². The van der Waals surface area contributed by atoms with Crippen molar-refractivity contribution in [3.63, 3.8) is 0 Å². The summed E-state index contributed by atoms with van der Waals surface area (Å²) in [6.45, 7) is 5.13. The van der Waals surface area contributed by atoms with Crippen molar-refractivity contribution in [3.05, 3.63) is 65.6 Å². The third kappa shape index (κ3) is 4.47.